The van der Waals surface area contributed by atoms with Crippen molar-refractivity contribution in [2.75, 3.05) is 0 Å². The highest BCUT2D eigenvalue weighted by Gasteiger charge is 2.16. The largest absolute Gasteiger partial charge is 0.307 e. The van der Waals surface area contributed by atoms with E-state index in [0.29, 0.717) is 6.54 Å². The van der Waals surface area contributed by atoms with Crippen molar-refractivity contribution in [1.29, 1.82) is 0 Å². The Hall–Kier alpha value is -1.46. The molecule has 0 N–H and O–H groups in total. The monoisotopic (exact) mass is 350 g/mol. The molecular weight excluding hydrogens is 340 g/mol. The van der Waals surface area contributed by atoms with Gasteiger partial charge in [-0.15, -0.1) is 11.6 Å². The van der Waals surface area contributed by atoms with Crippen LogP contribution in [-0.2, 0) is 6.54 Å². The van der Waals surface area contributed by atoms with Crippen molar-refractivity contribution < 1.29 is 0 Å². The van der Waals surface area contributed by atoms with Crippen LogP contribution in [0.5, 0.6) is 0 Å². The number of alkyl halides is 1. The molecule has 0 spiro atoms. The van der Waals surface area contributed by atoms with Crippen LogP contribution in [0.2, 0.25) is 0 Å². The molecule has 102 valence electrons. The summed E-state index contributed by atoms with van der Waals surface area (Å²) in [7, 11) is 0. The zero-order valence-electron chi connectivity index (χ0n) is 10.8. The summed E-state index contributed by atoms with van der Waals surface area (Å²) in [6.07, 6.45) is 5.33. The van der Waals surface area contributed by atoms with Gasteiger partial charge in [0.05, 0.1) is 11.9 Å². The van der Waals surface area contributed by atoms with Gasteiger partial charge in [-0.05, 0) is 46.6 Å². The molecule has 20 heavy (non-hydrogen) atoms. The van der Waals surface area contributed by atoms with Gasteiger partial charge in [-0.2, -0.15) is 0 Å². The average Bonchev–Trinajstić information content (AvgIpc) is 2.78. The molecule has 3 rings (SSSR count). The zero-order valence-corrected chi connectivity index (χ0v) is 13.1. The summed E-state index contributed by atoms with van der Waals surface area (Å²) < 4.78 is 2.96. The van der Waals surface area contributed by atoms with Crippen molar-refractivity contribution in [3.63, 3.8) is 0 Å². The molecule has 0 saturated heterocycles. The Kier molecular flexibility index (Phi) is 3.72. The van der Waals surface area contributed by atoms with Crippen LogP contribution in [0.4, 0.5) is 0 Å². The molecule has 0 aromatic carbocycles. The first-order valence-corrected chi connectivity index (χ1v) is 7.43. The van der Waals surface area contributed by atoms with Crippen LogP contribution < -0.4 is 0 Å². The molecule has 6 heteroatoms. The Bertz CT molecular complexity index is 740. The fraction of sp³-hybridized carbons (Fsp3) is 0.214. The summed E-state index contributed by atoms with van der Waals surface area (Å²) in [4.78, 5) is 13.1. The predicted octanol–water partition coefficient (Wildman–Crippen LogP) is 3.94. The molecule has 1 atom stereocenters. The Morgan fingerprint density at radius 3 is 2.80 bits per heavy atom. The minimum atomic E-state index is -0.176. The average molecular weight is 352 g/mol. The number of pyridine rings is 2. The lowest BCUT2D eigenvalue weighted by atomic mass is 10.2. The number of fused-ring (bicyclic) bond motifs is 1. The van der Waals surface area contributed by atoms with Crippen LogP contribution in [0, 0.1) is 0 Å². The lowest BCUT2D eigenvalue weighted by Crippen LogP contribution is -2.06. The van der Waals surface area contributed by atoms with Gasteiger partial charge in [-0.25, -0.2) is 9.97 Å². The van der Waals surface area contributed by atoms with E-state index in [1.165, 1.54) is 0 Å². The molecule has 0 amide bonds. The molecule has 0 aliphatic heterocycles. The van der Waals surface area contributed by atoms with E-state index in [-0.39, 0.29) is 5.38 Å². The molecule has 3 heterocycles. The number of imidazole rings is 1. The second-order valence-electron chi connectivity index (χ2n) is 4.52. The first kappa shape index (κ1) is 13.5. The molecule has 0 aliphatic rings. The predicted molar refractivity (Wildman–Crippen MR) is 82.8 cm³/mol. The second kappa shape index (κ2) is 5.50. The molecule has 0 bridgehead atoms. The summed E-state index contributed by atoms with van der Waals surface area (Å²) >= 11 is 9.67. The first-order valence-electron chi connectivity index (χ1n) is 6.20. The van der Waals surface area contributed by atoms with Crippen molar-refractivity contribution in [2.24, 2.45) is 0 Å². The zero-order chi connectivity index (χ0) is 14.1. The first-order chi connectivity index (χ1) is 9.65. The Morgan fingerprint density at radius 2 is 2.10 bits per heavy atom. The van der Waals surface area contributed by atoms with E-state index in [1.54, 1.807) is 18.6 Å². The molecule has 1 unspecified atom stereocenters. The lowest BCUT2D eigenvalue weighted by molar-refractivity contribution is 0.735. The number of hydrogen-bond donors (Lipinski definition) is 0. The maximum atomic E-state index is 6.25. The van der Waals surface area contributed by atoms with Crippen LogP contribution in [-0.4, -0.2) is 19.5 Å². The van der Waals surface area contributed by atoms with Crippen molar-refractivity contribution in [1.82, 2.24) is 19.5 Å². The maximum absolute atomic E-state index is 6.25. The van der Waals surface area contributed by atoms with E-state index in [9.17, 15) is 0 Å². The normalized spacial score (nSPS) is 12.8. The minimum absolute atomic E-state index is 0.176. The van der Waals surface area contributed by atoms with Crippen LogP contribution in [0.1, 0.15) is 23.7 Å². The standard InChI is InChI=1S/C14H12BrClN4/c1-9(16)13-19-12-6-11(15)7-18-14(12)20(13)8-10-2-4-17-5-3-10/h2-7,9H,8H2,1H3. The van der Waals surface area contributed by atoms with Gasteiger partial charge < -0.3 is 4.57 Å². The van der Waals surface area contributed by atoms with E-state index >= 15 is 0 Å². The second-order valence-corrected chi connectivity index (χ2v) is 6.09. The Balaban J connectivity index is 2.14. The highest BCUT2D eigenvalue weighted by molar-refractivity contribution is 9.10. The smallest absolute Gasteiger partial charge is 0.160 e. The van der Waals surface area contributed by atoms with Crippen molar-refractivity contribution in [3.05, 3.63) is 52.7 Å². The van der Waals surface area contributed by atoms with Gasteiger partial charge in [0, 0.05) is 23.1 Å². The lowest BCUT2D eigenvalue weighted by Gasteiger charge is -2.09. The Labute approximate surface area is 130 Å². The third kappa shape index (κ3) is 2.55. The van der Waals surface area contributed by atoms with Gasteiger partial charge >= 0.3 is 0 Å². The van der Waals surface area contributed by atoms with Gasteiger partial charge in [0.15, 0.2) is 5.65 Å². The number of rotatable bonds is 3. The van der Waals surface area contributed by atoms with E-state index in [4.69, 9.17) is 11.6 Å². The van der Waals surface area contributed by atoms with Gasteiger partial charge in [-0.3, -0.25) is 4.98 Å². The third-order valence-electron chi connectivity index (χ3n) is 3.03. The van der Waals surface area contributed by atoms with Crippen molar-refractivity contribution >= 4 is 38.7 Å². The molecule has 3 aromatic rings. The third-order valence-corrected chi connectivity index (χ3v) is 3.66. The topological polar surface area (TPSA) is 43.6 Å². The molecule has 0 aliphatic carbocycles. The van der Waals surface area contributed by atoms with E-state index in [1.807, 2.05) is 25.1 Å². The minimum Gasteiger partial charge on any atom is -0.307 e. The summed E-state index contributed by atoms with van der Waals surface area (Å²) in [5.41, 5.74) is 2.83. The van der Waals surface area contributed by atoms with Crippen LogP contribution >= 0.6 is 27.5 Å². The van der Waals surface area contributed by atoms with Crippen LogP contribution in [0.3, 0.4) is 0 Å². The maximum Gasteiger partial charge on any atom is 0.160 e. The van der Waals surface area contributed by atoms with Crippen LogP contribution in [0.25, 0.3) is 11.2 Å². The van der Waals surface area contributed by atoms with E-state index in [0.717, 1.165) is 27.0 Å². The fourth-order valence-electron chi connectivity index (χ4n) is 2.13. The van der Waals surface area contributed by atoms with Crippen LogP contribution in [0.15, 0.2) is 41.3 Å². The quantitative estimate of drug-likeness (QED) is 0.671. The molecule has 0 radical (unpaired) electrons. The van der Waals surface area contributed by atoms with Gasteiger partial charge in [0.2, 0.25) is 0 Å². The number of hydrogen-bond acceptors (Lipinski definition) is 3. The summed E-state index contributed by atoms with van der Waals surface area (Å²) in [6.45, 7) is 2.60. The van der Waals surface area contributed by atoms with Gasteiger partial charge in [0.25, 0.3) is 0 Å². The number of aromatic nitrogens is 4. The van der Waals surface area contributed by atoms with E-state index < -0.39 is 0 Å². The number of halogens is 2. The van der Waals surface area contributed by atoms with Crippen molar-refractivity contribution in [3.8, 4) is 0 Å². The SMILES string of the molecule is CC(Cl)c1nc2cc(Br)cnc2n1Cc1ccncc1. The summed E-state index contributed by atoms with van der Waals surface area (Å²) in [6, 6.07) is 5.91. The fourth-order valence-corrected chi connectivity index (χ4v) is 2.62. The van der Waals surface area contributed by atoms with E-state index in [2.05, 4.69) is 35.4 Å². The molecule has 0 saturated carbocycles. The highest BCUT2D eigenvalue weighted by atomic mass is 79.9. The van der Waals surface area contributed by atoms with Gasteiger partial charge in [0.1, 0.15) is 11.3 Å². The van der Waals surface area contributed by atoms with Crippen molar-refractivity contribution in [2.45, 2.75) is 18.8 Å². The Morgan fingerprint density at radius 1 is 1.35 bits per heavy atom. The highest BCUT2D eigenvalue weighted by Crippen LogP contribution is 2.25. The van der Waals surface area contributed by atoms with Gasteiger partial charge in [-0.1, -0.05) is 0 Å². The molecular formula is C14H12BrClN4. The molecule has 3 aromatic heterocycles. The summed E-state index contributed by atoms with van der Waals surface area (Å²) in [5.74, 6) is 0.823. The molecule has 4 nitrogen and oxygen atoms in total. The summed E-state index contributed by atoms with van der Waals surface area (Å²) in [5, 5.41) is -0.176. The number of nitrogens with zero attached hydrogens (tertiary/aromatic N) is 4. The molecule has 0 fully saturated rings.